The molecule has 0 radical (unpaired) electrons. The molecule has 23 heavy (non-hydrogen) atoms. The van der Waals surface area contributed by atoms with Gasteiger partial charge in [-0.05, 0) is 25.0 Å². The minimum Gasteiger partial charge on any atom is -0.469 e. The summed E-state index contributed by atoms with van der Waals surface area (Å²) in [6.07, 6.45) is 7.01. The number of ether oxygens (including phenoxy) is 1. The van der Waals surface area contributed by atoms with Gasteiger partial charge in [0.05, 0.1) is 7.11 Å². The molecule has 0 bridgehead atoms. The summed E-state index contributed by atoms with van der Waals surface area (Å²) in [7, 11) is 1.42. The zero-order chi connectivity index (χ0) is 16.0. The zero-order valence-corrected chi connectivity index (χ0v) is 16.0. The van der Waals surface area contributed by atoms with Crippen LogP contribution in [0.15, 0.2) is 29.4 Å². The molecule has 1 rings (SSSR count). The third-order valence-corrected chi connectivity index (χ3v) is 3.21. The molecule has 0 fully saturated rings. The second-order valence-electron chi connectivity index (χ2n) is 5.01. The van der Waals surface area contributed by atoms with Crippen LogP contribution in [-0.2, 0) is 16.0 Å². The highest BCUT2D eigenvalue weighted by atomic mass is 127. The fraction of sp³-hybridized carbons (Fsp3) is 0.562. The van der Waals surface area contributed by atoms with Gasteiger partial charge in [-0.1, -0.05) is 18.9 Å². The molecule has 7 heteroatoms. The summed E-state index contributed by atoms with van der Waals surface area (Å²) in [5, 5.41) is 3.08. The second kappa shape index (κ2) is 14.2. The van der Waals surface area contributed by atoms with Gasteiger partial charge in [-0.3, -0.25) is 14.8 Å². The molecule has 6 nitrogen and oxygen atoms in total. The number of nitrogens with one attached hydrogen (secondary N) is 1. The van der Waals surface area contributed by atoms with E-state index in [0.717, 1.165) is 44.3 Å². The largest absolute Gasteiger partial charge is 0.469 e. The van der Waals surface area contributed by atoms with Crippen LogP contribution in [0.5, 0.6) is 0 Å². The van der Waals surface area contributed by atoms with Gasteiger partial charge in [-0.15, -0.1) is 24.0 Å². The van der Waals surface area contributed by atoms with Gasteiger partial charge in [0.25, 0.3) is 0 Å². The SMILES string of the molecule is COC(=O)CCCCCCN=C(N)NCCc1ccccn1.I. The molecule has 0 saturated carbocycles. The quantitative estimate of drug-likeness (QED) is 0.194. The van der Waals surface area contributed by atoms with Gasteiger partial charge in [0.1, 0.15) is 0 Å². The van der Waals surface area contributed by atoms with E-state index in [1.54, 1.807) is 6.20 Å². The first-order valence-electron chi connectivity index (χ1n) is 7.73. The second-order valence-corrected chi connectivity index (χ2v) is 5.01. The number of aliphatic imine (C=N–C) groups is 1. The highest BCUT2D eigenvalue weighted by Gasteiger charge is 1.99. The number of methoxy groups -OCH3 is 1. The topological polar surface area (TPSA) is 89.6 Å². The van der Waals surface area contributed by atoms with Crippen molar-refractivity contribution in [2.75, 3.05) is 20.2 Å². The third-order valence-electron chi connectivity index (χ3n) is 3.21. The number of halogens is 1. The summed E-state index contributed by atoms with van der Waals surface area (Å²) in [5.41, 5.74) is 6.83. The average Bonchev–Trinajstić information content (AvgIpc) is 2.54. The predicted molar refractivity (Wildman–Crippen MR) is 103 cm³/mol. The molecule has 1 heterocycles. The normalized spacial score (nSPS) is 10.7. The van der Waals surface area contributed by atoms with Crippen LogP contribution >= 0.6 is 24.0 Å². The van der Waals surface area contributed by atoms with E-state index in [1.807, 2.05) is 18.2 Å². The number of nitrogens with two attached hydrogens (primary N) is 1. The Labute approximate surface area is 155 Å². The van der Waals surface area contributed by atoms with Crippen LogP contribution in [0.2, 0.25) is 0 Å². The monoisotopic (exact) mass is 434 g/mol. The number of esters is 1. The van der Waals surface area contributed by atoms with Crippen molar-refractivity contribution in [1.82, 2.24) is 10.3 Å². The molecule has 0 amide bonds. The van der Waals surface area contributed by atoms with Crippen LogP contribution in [0, 0.1) is 0 Å². The van der Waals surface area contributed by atoms with Crippen molar-refractivity contribution in [2.24, 2.45) is 10.7 Å². The number of carbonyl (C=O) groups is 1. The molecule has 0 saturated heterocycles. The van der Waals surface area contributed by atoms with E-state index in [-0.39, 0.29) is 29.9 Å². The molecule has 3 N–H and O–H groups in total. The van der Waals surface area contributed by atoms with Crippen molar-refractivity contribution < 1.29 is 9.53 Å². The van der Waals surface area contributed by atoms with Gasteiger partial charge in [0, 0.05) is 37.8 Å². The van der Waals surface area contributed by atoms with Crippen molar-refractivity contribution in [1.29, 1.82) is 0 Å². The molecule has 0 atom stereocenters. The highest BCUT2D eigenvalue weighted by molar-refractivity contribution is 14.0. The Balaban J connectivity index is 0.00000484. The molecule has 0 aliphatic heterocycles. The number of hydrogen-bond donors (Lipinski definition) is 2. The van der Waals surface area contributed by atoms with Gasteiger partial charge in [-0.25, -0.2) is 0 Å². The standard InChI is InChI=1S/C16H26N4O2.HI/c1-22-15(21)9-4-2-3-6-12-19-16(17)20-13-10-14-8-5-7-11-18-14;/h5,7-8,11H,2-4,6,9-10,12-13H2,1H3,(H3,17,19,20);1H. The lowest BCUT2D eigenvalue weighted by Gasteiger charge is -2.05. The Kier molecular flexibility index (Phi) is 13.4. The minimum atomic E-state index is -0.139. The van der Waals surface area contributed by atoms with Crippen LogP contribution < -0.4 is 11.1 Å². The molecule has 130 valence electrons. The first-order chi connectivity index (χ1) is 10.7. The number of nitrogens with zero attached hydrogens (tertiary/aromatic N) is 2. The fourth-order valence-electron chi connectivity index (χ4n) is 1.96. The van der Waals surface area contributed by atoms with Crippen LogP contribution in [0.3, 0.4) is 0 Å². The number of pyridine rings is 1. The van der Waals surface area contributed by atoms with Gasteiger partial charge in [0.2, 0.25) is 0 Å². The highest BCUT2D eigenvalue weighted by Crippen LogP contribution is 2.03. The van der Waals surface area contributed by atoms with Crippen molar-refractivity contribution in [3.05, 3.63) is 30.1 Å². The van der Waals surface area contributed by atoms with Crippen LogP contribution in [-0.4, -0.2) is 37.1 Å². The van der Waals surface area contributed by atoms with E-state index in [9.17, 15) is 4.79 Å². The number of aromatic nitrogens is 1. The summed E-state index contributed by atoms with van der Waals surface area (Å²) in [4.78, 5) is 19.4. The summed E-state index contributed by atoms with van der Waals surface area (Å²) < 4.78 is 4.59. The van der Waals surface area contributed by atoms with E-state index in [1.165, 1.54) is 7.11 Å². The van der Waals surface area contributed by atoms with Crippen LogP contribution in [0.4, 0.5) is 0 Å². The van der Waals surface area contributed by atoms with Crippen LogP contribution in [0.1, 0.15) is 37.8 Å². The van der Waals surface area contributed by atoms with Gasteiger partial charge < -0.3 is 15.8 Å². The van der Waals surface area contributed by atoms with E-state index in [2.05, 4.69) is 20.0 Å². The molecular formula is C16H27IN4O2. The lowest BCUT2D eigenvalue weighted by molar-refractivity contribution is -0.140. The van der Waals surface area contributed by atoms with Gasteiger partial charge in [0.15, 0.2) is 5.96 Å². The third kappa shape index (κ3) is 11.8. The predicted octanol–water partition coefficient (Wildman–Crippen LogP) is 2.27. The fourth-order valence-corrected chi connectivity index (χ4v) is 1.96. The summed E-state index contributed by atoms with van der Waals surface area (Å²) >= 11 is 0. The summed E-state index contributed by atoms with van der Waals surface area (Å²) in [5.74, 6) is 0.338. The Bertz CT molecular complexity index is 455. The average molecular weight is 434 g/mol. The van der Waals surface area contributed by atoms with Crippen molar-refractivity contribution in [3.8, 4) is 0 Å². The van der Waals surface area contributed by atoms with Crippen molar-refractivity contribution in [2.45, 2.75) is 38.5 Å². The molecule has 0 spiro atoms. The Morgan fingerprint density at radius 2 is 2.09 bits per heavy atom. The Hall–Kier alpha value is -1.38. The molecule has 0 aliphatic rings. The van der Waals surface area contributed by atoms with E-state index < -0.39 is 0 Å². The Morgan fingerprint density at radius 1 is 1.30 bits per heavy atom. The zero-order valence-electron chi connectivity index (χ0n) is 13.7. The number of rotatable bonds is 10. The van der Waals surface area contributed by atoms with E-state index in [4.69, 9.17) is 5.73 Å². The Morgan fingerprint density at radius 3 is 2.78 bits per heavy atom. The maximum Gasteiger partial charge on any atom is 0.305 e. The lowest BCUT2D eigenvalue weighted by Crippen LogP contribution is -2.33. The van der Waals surface area contributed by atoms with Gasteiger partial charge in [-0.2, -0.15) is 0 Å². The molecule has 1 aromatic heterocycles. The number of hydrogen-bond acceptors (Lipinski definition) is 4. The number of unbranched alkanes of at least 4 members (excludes halogenated alkanes) is 3. The molecular weight excluding hydrogens is 407 g/mol. The maximum atomic E-state index is 10.9. The first-order valence-corrected chi connectivity index (χ1v) is 7.73. The van der Waals surface area contributed by atoms with Crippen LogP contribution in [0.25, 0.3) is 0 Å². The van der Waals surface area contributed by atoms with E-state index >= 15 is 0 Å². The minimum absolute atomic E-state index is 0. The maximum absolute atomic E-state index is 10.9. The summed E-state index contributed by atoms with van der Waals surface area (Å²) in [6.45, 7) is 1.44. The summed E-state index contributed by atoms with van der Waals surface area (Å²) in [6, 6.07) is 5.86. The van der Waals surface area contributed by atoms with Crippen molar-refractivity contribution in [3.63, 3.8) is 0 Å². The molecule has 0 aromatic carbocycles. The molecule has 0 aliphatic carbocycles. The number of carbonyl (C=O) groups excluding carboxylic acids is 1. The smallest absolute Gasteiger partial charge is 0.305 e. The first kappa shape index (κ1) is 21.6. The lowest BCUT2D eigenvalue weighted by atomic mass is 10.1. The number of guanidine groups is 1. The molecule has 0 unspecified atom stereocenters. The molecule has 1 aromatic rings. The van der Waals surface area contributed by atoms with Crippen molar-refractivity contribution >= 4 is 35.9 Å². The van der Waals surface area contributed by atoms with E-state index in [0.29, 0.717) is 18.9 Å². The van der Waals surface area contributed by atoms with Gasteiger partial charge >= 0.3 is 5.97 Å².